The van der Waals surface area contributed by atoms with Crippen molar-refractivity contribution in [3.63, 3.8) is 0 Å². The number of anilines is 1. The highest BCUT2D eigenvalue weighted by Gasteiger charge is 2.38. The van der Waals surface area contributed by atoms with Crippen molar-refractivity contribution < 1.29 is 24.2 Å². The first-order valence-electron chi connectivity index (χ1n) is 9.05. The Bertz CT molecular complexity index is 733. The maximum Gasteiger partial charge on any atom is 0.335 e. The molecule has 27 heavy (non-hydrogen) atoms. The van der Waals surface area contributed by atoms with Gasteiger partial charge in [0.25, 0.3) is 0 Å². The van der Waals surface area contributed by atoms with Crippen LogP contribution in [0.1, 0.15) is 41.6 Å². The van der Waals surface area contributed by atoms with Crippen LogP contribution < -0.4 is 5.32 Å². The van der Waals surface area contributed by atoms with E-state index in [1.807, 2.05) is 0 Å². The second-order valence-electron chi connectivity index (χ2n) is 6.95. The molecule has 1 atom stereocenters. The minimum Gasteiger partial charge on any atom is -0.478 e. The van der Waals surface area contributed by atoms with Crippen LogP contribution in [0.2, 0.25) is 0 Å². The van der Waals surface area contributed by atoms with Crippen molar-refractivity contribution in [1.82, 2.24) is 4.90 Å². The summed E-state index contributed by atoms with van der Waals surface area (Å²) < 4.78 is 5.07. The minimum absolute atomic E-state index is 0.0302. The van der Waals surface area contributed by atoms with E-state index in [0.29, 0.717) is 22.9 Å². The summed E-state index contributed by atoms with van der Waals surface area (Å²) in [6.45, 7) is 0.246. The van der Waals surface area contributed by atoms with Crippen molar-refractivity contribution in [2.24, 2.45) is 5.92 Å². The smallest absolute Gasteiger partial charge is 0.335 e. The fourth-order valence-electron chi connectivity index (χ4n) is 3.65. The van der Waals surface area contributed by atoms with Crippen molar-refractivity contribution in [2.45, 2.75) is 38.3 Å². The molecule has 2 fully saturated rings. The van der Waals surface area contributed by atoms with Crippen molar-refractivity contribution in [1.29, 1.82) is 0 Å². The number of nitrogens with one attached hydrogen (secondary N) is 1. The predicted octanol–water partition coefficient (Wildman–Crippen LogP) is 2.56. The number of rotatable bonds is 6. The lowest BCUT2D eigenvalue weighted by atomic mass is 10.1. The summed E-state index contributed by atoms with van der Waals surface area (Å²) in [5.41, 5.74) is 1.14. The largest absolute Gasteiger partial charge is 0.478 e. The average Bonchev–Trinajstić information content (AvgIpc) is 3.33. The zero-order chi connectivity index (χ0) is 19.4. The molecule has 2 amide bonds. The molecule has 1 saturated carbocycles. The maximum absolute atomic E-state index is 12.8. The second-order valence-corrected chi connectivity index (χ2v) is 7.95. The molecule has 1 heterocycles. The van der Waals surface area contributed by atoms with Crippen LogP contribution in [0.3, 0.4) is 0 Å². The Morgan fingerprint density at radius 3 is 2.67 bits per heavy atom. The number of hydrogen-bond acceptors (Lipinski definition) is 5. The highest BCUT2D eigenvalue weighted by atomic mass is 32.2. The highest BCUT2D eigenvalue weighted by molar-refractivity contribution is 7.99. The molecule has 0 aromatic heterocycles. The summed E-state index contributed by atoms with van der Waals surface area (Å²) in [7, 11) is 1.52. The predicted molar refractivity (Wildman–Crippen MR) is 103 cm³/mol. The number of aromatic carboxylic acids is 1. The first-order chi connectivity index (χ1) is 13.0. The molecular formula is C19H24N2O5S. The zero-order valence-electron chi connectivity index (χ0n) is 15.3. The van der Waals surface area contributed by atoms with Crippen LogP contribution in [0, 0.1) is 5.92 Å². The number of ether oxygens (including phenoxy) is 1. The number of carboxylic acid groups (broad SMARTS) is 1. The number of hydrogen-bond donors (Lipinski definition) is 2. The van der Waals surface area contributed by atoms with Crippen LogP contribution in [0.15, 0.2) is 18.2 Å². The molecule has 1 unspecified atom stereocenters. The van der Waals surface area contributed by atoms with Crippen LogP contribution in [0.25, 0.3) is 0 Å². The number of methoxy groups -OCH3 is 1. The lowest BCUT2D eigenvalue weighted by Crippen LogP contribution is -2.46. The Labute approximate surface area is 162 Å². The third-order valence-electron chi connectivity index (χ3n) is 4.99. The lowest BCUT2D eigenvalue weighted by molar-refractivity contribution is -0.139. The standard InChI is InChI=1S/C19H24N2O5S/c1-26-9-12-6-14(19(24)25)8-15(7-12)20-17(22)16-10-27-11-21(16)18(23)13-4-2-3-5-13/h6-8,13,16H,2-5,9-11H2,1H3,(H,20,22)(H,24,25). The van der Waals surface area contributed by atoms with Gasteiger partial charge in [-0.3, -0.25) is 9.59 Å². The van der Waals surface area contributed by atoms with Crippen LogP contribution in [-0.4, -0.2) is 52.6 Å². The van der Waals surface area contributed by atoms with E-state index in [1.54, 1.807) is 22.7 Å². The molecule has 1 aliphatic carbocycles. The molecule has 3 rings (SSSR count). The van der Waals surface area contributed by atoms with Crippen molar-refractivity contribution in [3.05, 3.63) is 29.3 Å². The van der Waals surface area contributed by atoms with Gasteiger partial charge in [-0.15, -0.1) is 11.8 Å². The first kappa shape index (κ1) is 19.7. The van der Waals surface area contributed by atoms with Crippen molar-refractivity contribution in [2.75, 3.05) is 24.1 Å². The van der Waals surface area contributed by atoms with E-state index < -0.39 is 12.0 Å². The molecule has 1 aromatic rings. The average molecular weight is 392 g/mol. The summed E-state index contributed by atoms with van der Waals surface area (Å²) in [6.07, 6.45) is 3.93. The van der Waals surface area contributed by atoms with E-state index >= 15 is 0 Å². The van der Waals surface area contributed by atoms with Crippen molar-refractivity contribution >= 4 is 35.2 Å². The molecular weight excluding hydrogens is 368 g/mol. The summed E-state index contributed by atoms with van der Waals surface area (Å²) in [4.78, 5) is 38.5. The van der Waals surface area contributed by atoms with Gasteiger partial charge < -0.3 is 20.1 Å². The number of carbonyl (C=O) groups excluding carboxylic acids is 2. The second kappa shape index (κ2) is 8.75. The highest BCUT2D eigenvalue weighted by Crippen LogP contribution is 2.31. The summed E-state index contributed by atoms with van der Waals surface area (Å²) in [6, 6.07) is 4.11. The zero-order valence-corrected chi connectivity index (χ0v) is 16.1. The number of amides is 2. The third kappa shape index (κ3) is 4.62. The topological polar surface area (TPSA) is 95.9 Å². The van der Waals surface area contributed by atoms with Gasteiger partial charge in [0, 0.05) is 24.5 Å². The lowest BCUT2D eigenvalue weighted by Gasteiger charge is -2.26. The number of nitrogens with zero attached hydrogens (tertiary/aromatic N) is 1. The van der Waals surface area contributed by atoms with Gasteiger partial charge in [0.2, 0.25) is 11.8 Å². The SMILES string of the molecule is COCc1cc(NC(=O)C2CSCN2C(=O)C2CCCC2)cc(C(=O)O)c1. The van der Waals surface area contributed by atoms with Gasteiger partial charge in [-0.05, 0) is 36.6 Å². The van der Waals surface area contributed by atoms with E-state index in [0.717, 1.165) is 25.7 Å². The number of thioether (sulfide) groups is 1. The Morgan fingerprint density at radius 2 is 2.00 bits per heavy atom. The molecule has 1 aromatic carbocycles. The first-order valence-corrected chi connectivity index (χ1v) is 10.2. The van der Waals surface area contributed by atoms with E-state index in [2.05, 4.69) is 5.32 Å². The Balaban J connectivity index is 1.73. The molecule has 146 valence electrons. The van der Waals surface area contributed by atoms with E-state index in [4.69, 9.17) is 4.74 Å². The normalized spacial score (nSPS) is 20.0. The van der Waals surface area contributed by atoms with Gasteiger partial charge >= 0.3 is 5.97 Å². The van der Waals surface area contributed by atoms with Gasteiger partial charge in [0.1, 0.15) is 6.04 Å². The van der Waals surface area contributed by atoms with Gasteiger partial charge in [-0.1, -0.05) is 12.8 Å². The summed E-state index contributed by atoms with van der Waals surface area (Å²) in [5.74, 6) is -0.180. The summed E-state index contributed by atoms with van der Waals surface area (Å²) >= 11 is 1.57. The molecule has 8 heteroatoms. The number of carboxylic acids is 1. The molecule has 2 N–H and O–H groups in total. The molecule has 0 bridgehead atoms. The Hall–Kier alpha value is -2.06. The molecule has 0 radical (unpaired) electrons. The summed E-state index contributed by atoms with van der Waals surface area (Å²) in [5, 5.41) is 12.1. The Kier molecular flexibility index (Phi) is 6.38. The number of benzene rings is 1. The van der Waals surface area contributed by atoms with Crippen LogP contribution in [0.4, 0.5) is 5.69 Å². The quantitative estimate of drug-likeness (QED) is 0.772. The van der Waals surface area contributed by atoms with Crippen LogP contribution in [0.5, 0.6) is 0 Å². The molecule has 7 nitrogen and oxygen atoms in total. The molecule has 1 saturated heterocycles. The van der Waals surface area contributed by atoms with E-state index in [9.17, 15) is 19.5 Å². The van der Waals surface area contributed by atoms with E-state index in [1.165, 1.54) is 19.2 Å². The maximum atomic E-state index is 12.8. The molecule has 2 aliphatic rings. The van der Waals surface area contributed by atoms with Gasteiger partial charge in [-0.25, -0.2) is 4.79 Å². The molecule has 0 spiro atoms. The van der Waals surface area contributed by atoms with Crippen LogP contribution >= 0.6 is 11.8 Å². The van der Waals surface area contributed by atoms with Crippen LogP contribution in [-0.2, 0) is 20.9 Å². The molecule has 1 aliphatic heterocycles. The third-order valence-corrected chi connectivity index (χ3v) is 6.00. The van der Waals surface area contributed by atoms with Gasteiger partial charge in [0.15, 0.2) is 0 Å². The van der Waals surface area contributed by atoms with E-state index in [-0.39, 0.29) is 29.9 Å². The fraction of sp³-hybridized carbons (Fsp3) is 0.526. The fourth-order valence-corrected chi connectivity index (χ4v) is 4.81. The van der Waals surface area contributed by atoms with Crippen molar-refractivity contribution in [3.8, 4) is 0 Å². The van der Waals surface area contributed by atoms with Gasteiger partial charge in [-0.2, -0.15) is 0 Å². The monoisotopic (exact) mass is 392 g/mol. The minimum atomic E-state index is -1.07. The number of carbonyl (C=O) groups is 3. The van der Waals surface area contributed by atoms with Gasteiger partial charge in [0.05, 0.1) is 18.0 Å². The Morgan fingerprint density at radius 1 is 1.26 bits per heavy atom.